The second kappa shape index (κ2) is 10.1. The van der Waals surface area contributed by atoms with E-state index in [9.17, 15) is 4.79 Å². The highest BCUT2D eigenvalue weighted by Gasteiger charge is 2.49. The Morgan fingerprint density at radius 3 is 2.57 bits per heavy atom. The molecule has 0 bridgehead atoms. The summed E-state index contributed by atoms with van der Waals surface area (Å²) in [4.78, 5) is 12.4. The Hall–Kier alpha value is -0.650. The Balaban J connectivity index is 2.47. The molecule has 1 rings (SSSR count). The standard InChI is InChI=1S/C16H31NO4/c1-4-17-16(15(18)21-6-3)10-7-8-14(16)9-11-20-13-12-19-5-2/h14,17H,4-13H2,1-3H3. The van der Waals surface area contributed by atoms with Gasteiger partial charge in [0.1, 0.15) is 5.54 Å². The second-order valence-electron chi connectivity index (χ2n) is 5.41. The van der Waals surface area contributed by atoms with E-state index in [4.69, 9.17) is 14.2 Å². The van der Waals surface area contributed by atoms with Crippen molar-refractivity contribution in [3.8, 4) is 0 Å². The first kappa shape index (κ1) is 18.4. The molecule has 0 aromatic rings. The van der Waals surface area contributed by atoms with Gasteiger partial charge in [-0.05, 0) is 45.6 Å². The Labute approximate surface area is 128 Å². The van der Waals surface area contributed by atoms with Gasteiger partial charge in [0, 0.05) is 13.2 Å². The van der Waals surface area contributed by atoms with Crippen LogP contribution in [0.4, 0.5) is 0 Å². The Bertz CT molecular complexity index is 298. The molecule has 21 heavy (non-hydrogen) atoms. The quantitative estimate of drug-likeness (QED) is 0.468. The monoisotopic (exact) mass is 301 g/mol. The highest BCUT2D eigenvalue weighted by Crippen LogP contribution is 2.39. The molecule has 1 saturated carbocycles. The van der Waals surface area contributed by atoms with Crippen molar-refractivity contribution in [2.45, 2.75) is 52.0 Å². The molecule has 0 saturated heterocycles. The van der Waals surface area contributed by atoms with Crippen LogP contribution in [0.3, 0.4) is 0 Å². The molecule has 1 aliphatic rings. The van der Waals surface area contributed by atoms with Crippen LogP contribution in [0, 0.1) is 5.92 Å². The van der Waals surface area contributed by atoms with Gasteiger partial charge in [-0.15, -0.1) is 0 Å². The molecule has 0 aliphatic heterocycles. The number of carbonyl (C=O) groups is 1. The second-order valence-corrected chi connectivity index (χ2v) is 5.41. The molecule has 5 heteroatoms. The zero-order chi connectivity index (χ0) is 15.6. The summed E-state index contributed by atoms with van der Waals surface area (Å²) in [6.07, 6.45) is 3.87. The number of hydrogen-bond donors (Lipinski definition) is 1. The first-order chi connectivity index (χ1) is 10.2. The molecule has 0 spiro atoms. The van der Waals surface area contributed by atoms with Crippen LogP contribution in [0.15, 0.2) is 0 Å². The van der Waals surface area contributed by atoms with Crippen LogP contribution < -0.4 is 5.32 Å². The topological polar surface area (TPSA) is 56.8 Å². The van der Waals surface area contributed by atoms with Crippen LogP contribution in [0.25, 0.3) is 0 Å². The zero-order valence-corrected chi connectivity index (χ0v) is 13.8. The van der Waals surface area contributed by atoms with Crippen LogP contribution in [0.5, 0.6) is 0 Å². The molecule has 5 nitrogen and oxygen atoms in total. The minimum absolute atomic E-state index is 0.0938. The Morgan fingerprint density at radius 2 is 1.90 bits per heavy atom. The van der Waals surface area contributed by atoms with Crippen molar-refractivity contribution in [3.63, 3.8) is 0 Å². The summed E-state index contributed by atoms with van der Waals surface area (Å²) >= 11 is 0. The van der Waals surface area contributed by atoms with E-state index in [2.05, 4.69) is 5.32 Å². The van der Waals surface area contributed by atoms with Crippen LogP contribution in [0.1, 0.15) is 46.5 Å². The van der Waals surface area contributed by atoms with Crippen molar-refractivity contribution in [2.75, 3.05) is 39.6 Å². The molecule has 1 N–H and O–H groups in total. The van der Waals surface area contributed by atoms with Crippen molar-refractivity contribution in [3.05, 3.63) is 0 Å². The normalized spacial score (nSPS) is 25.2. The molecule has 0 radical (unpaired) electrons. The maximum Gasteiger partial charge on any atom is 0.326 e. The number of carbonyl (C=O) groups excluding carboxylic acids is 1. The average molecular weight is 301 g/mol. The first-order valence-corrected chi connectivity index (χ1v) is 8.29. The number of nitrogens with one attached hydrogen (secondary N) is 1. The number of rotatable bonds is 11. The molecular weight excluding hydrogens is 270 g/mol. The Morgan fingerprint density at radius 1 is 1.14 bits per heavy atom. The highest BCUT2D eigenvalue weighted by molar-refractivity contribution is 5.81. The van der Waals surface area contributed by atoms with Crippen LogP contribution >= 0.6 is 0 Å². The lowest BCUT2D eigenvalue weighted by atomic mass is 9.84. The maximum absolute atomic E-state index is 12.4. The summed E-state index contributed by atoms with van der Waals surface area (Å²) in [7, 11) is 0. The van der Waals surface area contributed by atoms with E-state index < -0.39 is 5.54 Å². The molecule has 1 aliphatic carbocycles. The van der Waals surface area contributed by atoms with E-state index in [1.807, 2.05) is 20.8 Å². The van der Waals surface area contributed by atoms with Crippen molar-refractivity contribution < 1.29 is 19.0 Å². The molecule has 1 fully saturated rings. The number of hydrogen-bond acceptors (Lipinski definition) is 5. The fraction of sp³-hybridized carbons (Fsp3) is 0.938. The van der Waals surface area contributed by atoms with Gasteiger partial charge < -0.3 is 19.5 Å². The minimum Gasteiger partial charge on any atom is -0.465 e. The molecule has 0 aromatic heterocycles. The van der Waals surface area contributed by atoms with Crippen molar-refractivity contribution in [1.29, 1.82) is 0 Å². The number of likely N-dealkylation sites (N-methyl/N-ethyl adjacent to an activating group) is 1. The van der Waals surface area contributed by atoms with E-state index in [1.54, 1.807) is 0 Å². The van der Waals surface area contributed by atoms with Gasteiger partial charge >= 0.3 is 5.97 Å². The highest BCUT2D eigenvalue weighted by atomic mass is 16.5. The minimum atomic E-state index is -0.506. The van der Waals surface area contributed by atoms with Crippen molar-refractivity contribution in [1.82, 2.24) is 5.32 Å². The lowest BCUT2D eigenvalue weighted by Crippen LogP contribution is -2.55. The van der Waals surface area contributed by atoms with Crippen LogP contribution in [0.2, 0.25) is 0 Å². The van der Waals surface area contributed by atoms with Gasteiger partial charge in [0.25, 0.3) is 0 Å². The number of ether oxygens (including phenoxy) is 3. The average Bonchev–Trinajstić information content (AvgIpc) is 2.87. The van der Waals surface area contributed by atoms with Gasteiger partial charge in [-0.25, -0.2) is 0 Å². The number of esters is 1. The lowest BCUT2D eigenvalue weighted by molar-refractivity contribution is -0.153. The summed E-state index contributed by atoms with van der Waals surface area (Å²) in [5, 5.41) is 3.40. The fourth-order valence-electron chi connectivity index (χ4n) is 3.21. The maximum atomic E-state index is 12.4. The van der Waals surface area contributed by atoms with Gasteiger partial charge in [-0.2, -0.15) is 0 Å². The molecule has 0 heterocycles. The predicted octanol–water partition coefficient (Wildman–Crippen LogP) is 2.14. The predicted molar refractivity (Wildman–Crippen MR) is 82.3 cm³/mol. The summed E-state index contributed by atoms with van der Waals surface area (Å²) in [6.45, 7) is 9.73. The molecule has 0 amide bonds. The third kappa shape index (κ3) is 5.24. The lowest BCUT2D eigenvalue weighted by Gasteiger charge is -2.34. The van der Waals surface area contributed by atoms with E-state index in [-0.39, 0.29) is 5.97 Å². The van der Waals surface area contributed by atoms with E-state index in [0.29, 0.717) is 32.3 Å². The van der Waals surface area contributed by atoms with Crippen LogP contribution in [-0.4, -0.2) is 51.1 Å². The molecular formula is C16H31NO4. The Kier molecular flexibility index (Phi) is 8.88. The van der Waals surface area contributed by atoms with Gasteiger partial charge in [0.05, 0.1) is 19.8 Å². The molecule has 0 aromatic carbocycles. The fourth-order valence-corrected chi connectivity index (χ4v) is 3.21. The smallest absolute Gasteiger partial charge is 0.326 e. The van der Waals surface area contributed by atoms with Crippen molar-refractivity contribution >= 4 is 5.97 Å². The van der Waals surface area contributed by atoms with Gasteiger partial charge in [-0.3, -0.25) is 4.79 Å². The molecule has 124 valence electrons. The molecule has 2 atom stereocenters. The summed E-state index contributed by atoms with van der Waals surface area (Å²) in [5.74, 6) is 0.201. The van der Waals surface area contributed by atoms with E-state index >= 15 is 0 Å². The van der Waals surface area contributed by atoms with E-state index in [0.717, 1.165) is 38.8 Å². The third-order valence-electron chi connectivity index (χ3n) is 4.14. The van der Waals surface area contributed by atoms with E-state index in [1.165, 1.54) is 0 Å². The zero-order valence-electron chi connectivity index (χ0n) is 13.8. The van der Waals surface area contributed by atoms with Gasteiger partial charge in [0.15, 0.2) is 0 Å². The third-order valence-corrected chi connectivity index (χ3v) is 4.14. The SMILES string of the molecule is CCNC1(C(=O)OCC)CCCC1CCOCCOCC. The van der Waals surface area contributed by atoms with Crippen LogP contribution in [-0.2, 0) is 19.0 Å². The molecule has 2 unspecified atom stereocenters. The first-order valence-electron chi connectivity index (χ1n) is 8.29. The summed E-state index contributed by atoms with van der Waals surface area (Å²) in [6, 6.07) is 0. The van der Waals surface area contributed by atoms with Crippen molar-refractivity contribution in [2.24, 2.45) is 5.92 Å². The van der Waals surface area contributed by atoms with Gasteiger partial charge in [-0.1, -0.05) is 13.3 Å². The van der Waals surface area contributed by atoms with Gasteiger partial charge in [0.2, 0.25) is 0 Å². The largest absolute Gasteiger partial charge is 0.465 e. The summed E-state index contributed by atoms with van der Waals surface area (Å²) < 4.78 is 16.2. The summed E-state index contributed by atoms with van der Waals surface area (Å²) in [5.41, 5.74) is -0.506.